The second kappa shape index (κ2) is 7.60. The number of Topliss-reactive ketones (excluding diaryl/α,β-unsaturated/α-hetero) is 1. The summed E-state index contributed by atoms with van der Waals surface area (Å²) in [4.78, 5) is 10.9. The number of carbonyl (C=O) groups excluding carboxylic acids is 1. The summed E-state index contributed by atoms with van der Waals surface area (Å²) >= 11 is 0. The molecule has 0 unspecified atom stereocenters. The molecule has 1 N–H and O–H groups in total. The van der Waals surface area contributed by atoms with Gasteiger partial charge in [0.05, 0.1) is 6.10 Å². The number of aliphatic hydroxyl groups excluding tert-OH is 1. The molecule has 2 rings (SSSR count). The number of ether oxygens (including phenoxy) is 1. The maximum atomic E-state index is 10.9. The molecule has 0 heterocycles. The third-order valence-electron chi connectivity index (χ3n) is 3.23. The van der Waals surface area contributed by atoms with Gasteiger partial charge in [-0.05, 0) is 43.0 Å². The van der Waals surface area contributed by atoms with Crippen LogP contribution in [0.1, 0.15) is 30.6 Å². The van der Waals surface area contributed by atoms with Crippen LogP contribution in [0.15, 0.2) is 54.6 Å². The minimum atomic E-state index is -0.536. The molecular formula is C18H20O3. The Labute approximate surface area is 125 Å². The summed E-state index contributed by atoms with van der Waals surface area (Å²) in [7, 11) is 0. The van der Waals surface area contributed by atoms with E-state index in [0.717, 1.165) is 12.0 Å². The van der Waals surface area contributed by atoms with Gasteiger partial charge in [0.25, 0.3) is 0 Å². The lowest BCUT2D eigenvalue weighted by Gasteiger charge is -2.12. The van der Waals surface area contributed by atoms with Crippen molar-refractivity contribution in [3.05, 3.63) is 65.7 Å². The van der Waals surface area contributed by atoms with Gasteiger partial charge >= 0.3 is 0 Å². The lowest BCUT2D eigenvalue weighted by atomic mass is 10.0. The summed E-state index contributed by atoms with van der Waals surface area (Å²) in [5.41, 5.74) is 2.02. The highest BCUT2D eigenvalue weighted by atomic mass is 16.5. The first kappa shape index (κ1) is 15.3. The van der Waals surface area contributed by atoms with Gasteiger partial charge in [0, 0.05) is 0 Å². The SMILES string of the molecule is CC(=O)COc1cccc([C@H](O)CCc2ccccc2)c1. The molecule has 0 amide bonds. The van der Waals surface area contributed by atoms with E-state index in [9.17, 15) is 9.90 Å². The predicted molar refractivity (Wildman–Crippen MR) is 82.3 cm³/mol. The highest BCUT2D eigenvalue weighted by Crippen LogP contribution is 2.23. The molecule has 0 spiro atoms. The Bertz CT molecular complexity index is 578. The Morgan fingerprint density at radius 3 is 2.62 bits per heavy atom. The van der Waals surface area contributed by atoms with Crippen molar-refractivity contribution in [3.63, 3.8) is 0 Å². The first-order valence-corrected chi connectivity index (χ1v) is 7.09. The average molecular weight is 284 g/mol. The fourth-order valence-electron chi connectivity index (χ4n) is 2.11. The highest BCUT2D eigenvalue weighted by molar-refractivity contribution is 5.77. The standard InChI is InChI=1S/C18H20O3/c1-14(19)13-21-17-9-5-8-16(12-17)18(20)11-10-15-6-3-2-4-7-15/h2-9,12,18,20H,10-11,13H2,1H3/t18-/m1/s1. The normalized spacial score (nSPS) is 11.9. The van der Waals surface area contributed by atoms with Crippen LogP contribution in [0.25, 0.3) is 0 Å². The van der Waals surface area contributed by atoms with Crippen molar-refractivity contribution in [2.24, 2.45) is 0 Å². The van der Waals surface area contributed by atoms with Gasteiger partial charge < -0.3 is 9.84 Å². The number of aliphatic hydroxyl groups is 1. The van der Waals surface area contributed by atoms with Gasteiger partial charge in [0.15, 0.2) is 5.78 Å². The van der Waals surface area contributed by atoms with Gasteiger partial charge in [0.2, 0.25) is 0 Å². The molecule has 1 atom stereocenters. The summed E-state index contributed by atoms with van der Waals surface area (Å²) in [5.74, 6) is 0.589. The maximum absolute atomic E-state index is 10.9. The molecule has 0 saturated heterocycles. The van der Waals surface area contributed by atoms with E-state index >= 15 is 0 Å². The van der Waals surface area contributed by atoms with Crippen molar-refractivity contribution in [2.45, 2.75) is 25.9 Å². The van der Waals surface area contributed by atoms with E-state index < -0.39 is 6.10 Å². The van der Waals surface area contributed by atoms with Crippen molar-refractivity contribution in [1.29, 1.82) is 0 Å². The molecule has 0 fully saturated rings. The minimum Gasteiger partial charge on any atom is -0.486 e. The van der Waals surface area contributed by atoms with Crippen LogP contribution in [0, 0.1) is 0 Å². The van der Waals surface area contributed by atoms with E-state index in [1.54, 1.807) is 12.1 Å². The van der Waals surface area contributed by atoms with Crippen molar-refractivity contribution >= 4 is 5.78 Å². The van der Waals surface area contributed by atoms with Gasteiger partial charge in [-0.1, -0.05) is 42.5 Å². The molecule has 0 saturated carbocycles. The van der Waals surface area contributed by atoms with E-state index in [2.05, 4.69) is 12.1 Å². The molecular weight excluding hydrogens is 264 g/mol. The molecule has 0 aliphatic carbocycles. The number of hydrogen-bond acceptors (Lipinski definition) is 3. The zero-order valence-corrected chi connectivity index (χ0v) is 12.2. The summed E-state index contributed by atoms with van der Waals surface area (Å²) < 4.78 is 5.36. The number of aryl methyl sites for hydroxylation is 1. The van der Waals surface area contributed by atoms with Crippen molar-refractivity contribution in [1.82, 2.24) is 0 Å². The van der Waals surface area contributed by atoms with Gasteiger partial charge in [-0.3, -0.25) is 4.79 Å². The number of benzene rings is 2. The van der Waals surface area contributed by atoms with E-state index in [1.165, 1.54) is 12.5 Å². The molecule has 3 heteroatoms. The van der Waals surface area contributed by atoms with Crippen LogP contribution in [-0.4, -0.2) is 17.5 Å². The van der Waals surface area contributed by atoms with Crippen molar-refractivity contribution in [3.8, 4) is 5.75 Å². The zero-order valence-electron chi connectivity index (χ0n) is 12.2. The first-order valence-electron chi connectivity index (χ1n) is 7.09. The van der Waals surface area contributed by atoms with Crippen LogP contribution in [0.3, 0.4) is 0 Å². The second-order valence-corrected chi connectivity index (χ2v) is 5.10. The molecule has 0 aromatic heterocycles. The molecule has 0 aliphatic heterocycles. The summed E-state index contributed by atoms with van der Waals surface area (Å²) in [6.07, 6.45) is 0.937. The quantitative estimate of drug-likeness (QED) is 0.848. The Kier molecular flexibility index (Phi) is 5.52. The molecule has 0 aliphatic rings. The van der Waals surface area contributed by atoms with Gasteiger partial charge in [-0.2, -0.15) is 0 Å². The largest absolute Gasteiger partial charge is 0.486 e. The number of ketones is 1. The van der Waals surface area contributed by atoms with Crippen LogP contribution in [-0.2, 0) is 11.2 Å². The van der Waals surface area contributed by atoms with Crippen molar-refractivity contribution < 1.29 is 14.6 Å². The van der Waals surface area contributed by atoms with Gasteiger partial charge in [0.1, 0.15) is 12.4 Å². The highest BCUT2D eigenvalue weighted by Gasteiger charge is 2.09. The lowest BCUT2D eigenvalue weighted by Crippen LogP contribution is -2.07. The first-order chi connectivity index (χ1) is 10.1. The fraction of sp³-hybridized carbons (Fsp3) is 0.278. The van der Waals surface area contributed by atoms with E-state index in [1.807, 2.05) is 30.3 Å². The monoisotopic (exact) mass is 284 g/mol. The smallest absolute Gasteiger partial charge is 0.167 e. The summed E-state index contributed by atoms with van der Waals surface area (Å²) in [6, 6.07) is 17.4. The number of hydrogen-bond donors (Lipinski definition) is 1. The third kappa shape index (κ3) is 5.04. The maximum Gasteiger partial charge on any atom is 0.167 e. The molecule has 2 aromatic rings. The fourth-order valence-corrected chi connectivity index (χ4v) is 2.11. The second-order valence-electron chi connectivity index (χ2n) is 5.10. The Morgan fingerprint density at radius 1 is 1.14 bits per heavy atom. The van der Waals surface area contributed by atoms with Gasteiger partial charge in [-0.25, -0.2) is 0 Å². The minimum absolute atomic E-state index is 0.0231. The topological polar surface area (TPSA) is 46.5 Å². The molecule has 0 bridgehead atoms. The van der Waals surface area contributed by atoms with Gasteiger partial charge in [-0.15, -0.1) is 0 Å². The predicted octanol–water partition coefficient (Wildman–Crippen LogP) is 3.32. The van der Waals surface area contributed by atoms with Crippen LogP contribution in [0.2, 0.25) is 0 Å². The zero-order chi connectivity index (χ0) is 15.1. The van der Waals surface area contributed by atoms with Crippen LogP contribution in [0.5, 0.6) is 5.75 Å². The van der Waals surface area contributed by atoms with Crippen LogP contribution in [0.4, 0.5) is 0 Å². The Morgan fingerprint density at radius 2 is 1.90 bits per heavy atom. The molecule has 21 heavy (non-hydrogen) atoms. The Hall–Kier alpha value is -2.13. The third-order valence-corrected chi connectivity index (χ3v) is 3.23. The van der Waals surface area contributed by atoms with E-state index in [-0.39, 0.29) is 12.4 Å². The van der Waals surface area contributed by atoms with Crippen molar-refractivity contribution in [2.75, 3.05) is 6.61 Å². The Balaban J connectivity index is 1.94. The summed E-state index contributed by atoms with van der Waals surface area (Å²) in [5, 5.41) is 10.3. The summed E-state index contributed by atoms with van der Waals surface area (Å²) in [6.45, 7) is 1.54. The van der Waals surface area contributed by atoms with E-state index in [4.69, 9.17) is 4.74 Å². The van der Waals surface area contributed by atoms with Crippen LogP contribution < -0.4 is 4.74 Å². The average Bonchev–Trinajstić information content (AvgIpc) is 2.52. The number of carbonyl (C=O) groups is 1. The molecule has 0 radical (unpaired) electrons. The van der Waals surface area contributed by atoms with E-state index in [0.29, 0.717) is 12.2 Å². The molecule has 2 aromatic carbocycles. The molecule has 110 valence electrons. The molecule has 3 nitrogen and oxygen atoms in total. The number of rotatable bonds is 7. The lowest BCUT2D eigenvalue weighted by molar-refractivity contribution is -0.118. The van der Waals surface area contributed by atoms with Crippen LogP contribution >= 0.6 is 0 Å².